The zero-order chi connectivity index (χ0) is 28.0. The Kier molecular flexibility index (Phi) is 8.08. The first kappa shape index (κ1) is 29.1. The van der Waals surface area contributed by atoms with Crippen molar-refractivity contribution in [3.63, 3.8) is 0 Å². The zero-order valence-corrected chi connectivity index (χ0v) is 24.3. The molecule has 0 heterocycles. The number of esters is 2. The Labute approximate surface area is 230 Å². The monoisotopic (exact) mass is 546 g/mol. The molecule has 3 saturated carbocycles. The van der Waals surface area contributed by atoms with E-state index in [4.69, 9.17) is 9.47 Å². The van der Waals surface area contributed by atoms with Crippen LogP contribution in [0.15, 0.2) is 23.8 Å². The predicted octanol–water partition coefficient (Wildman–Crippen LogP) is 4.31. The van der Waals surface area contributed by atoms with Gasteiger partial charge in [-0.1, -0.05) is 46.3 Å². The third-order valence-electron chi connectivity index (χ3n) is 10.1. The van der Waals surface area contributed by atoms with Gasteiger partial charge in [-0.15, -0.1) is 0 Å². The Balaban J connectivity index is 1.74. The van der Waals surface area contributed by atoms with Crippen LogP contribution in [0.1, 0.15) is 66.7 Å². The number of hydrogen-bond donors (Lipinski definition) is 1. The fourth-order valence-corrected chi connectivity index (χ4v) is 8.64. The van der Waals surface area contributed by atoms with E-state index in [2.05, 4.69) is 13.8 Å². The minimum atomic E-state index is -1.47. The molecule has 4 aliphatic carbocycles. The van der Waals surface area contributed by atoms with Crippen LogP contribution in [0.5, 0.6) is 0 Å². The van der Waals surface area contributed by atoms with Crippen LogP contribution in [0.4, 0.5) is 0 Å². The minimum Gasteiger partial charge on any atom is -0.457 e. The molecule has 7 nitrogen and oxygen atoms in total. The second-order valence-electron chi connectivity index (χ2n) is 12.4. The summed E-state index contributed by atoms with van der Waals surface area (Å²) in [6, 6.07) is 0. The average molecular weight is 547 g/mol. The molecule has 0 aromatic carbocycles. The first-order valence-electron chi connectivity index (χ1n) is 13.9. The van der Waals surface area contributed by atoms with Crippen molar-refractivity contribution in [2.45, 2.75) is 78.4 Å². The third kappa shape index (κ3) is 4.49. The Bertz CT molecular complexity index is 1060. The van der Waals surface area contributed by atoms with Crippen LogP contribution in [0.2, 0.25) is 0 Å². The molecule has 3 fully saturated rings. The highest BCUT2D eigenvalue weighted by Crippen LogP contribution is 2.68. The number of ether oxygens (including phenoxy) is 2. The number of carbonyl (C=O) groups is 4. The largest absolute Gasteiger partial charge is 0.457 e. The van der Waals surface area contributed by atoms with Crippen molar-refractivity contribution in [2.75, 3.05) is 18.6 Å². The number of fused-ring (bicyclic) bond motifs is 5. The van der Waals surface area contributed by atoms with E-state index in [1.54, 1.807) is 32.3 Å². The number of hydrogen-bond acceptors (Lipinski definition) is 8. The van der Waals surface area contributed by atoms with Gasteiger partial charge in [0, 0.05) is 16.7 Å². The summed E-state index contributed by atoms with van der Waals surface area (Å²) in [5, 5.41) is 11.8. The third-order valence-corrected chi connectivity index (χ3v) is 10.6. The van der Waals surface area contributed by atoms with Crippen LogP contribution >= 0.6 is 11.8 Å². The second-order valence-corrected chi connectivity index (χ2v) is 13.3. The van der Waals surface area contributed by atoms with Gasteiger partial charge < -0.3 is 14.6 Å². The fourth-order valence-electron chi connectivity index (χ4n) is 8.32. The quantitative estimate of drug-likeness (QED) is 0.449. The van der Waals surface area contributed by atoms with E-state index in [0.29, 0.717) is 12.8 Å². The van der Waals surface area contributed by atoms with Gasteiger partial charge in [-0.2, -0.15) is 11.8 Å². The van der Waals surface area contributed by atoms with Gasteiger partial charge in [0.05, 0.1) is 17.8 Å². The molecule has 8 heteroatoms. The highest BCUT2D eigenvalue weighted by Gasteiger charge is 2.71. The first-order chi connectivity index (χ1) is 17.8. The maximum atomic E-state index is 13.9. The molecule has 1 N–H and O–H groups in total. The van der Waals surface area contributed by atoms with E-state index in [-0.39, 0.29) is 41.6 Å². The van der Waals surface area contributed by atoms with E-state index >= 15 is 0 Å². The molecule has 2 unspecified atom stereocenters. The lowest BCUT2D eigenvalue weighted by molar-refractivity contribution is -0.204. The SMILES string of the molecule is CCC1C[C@@H]2[C@H](C(O)C[C@@]3(C)[C@H]2CC[C@]3(OC(=O)C(C)C)C(=O)COC(=O)CSC)[C@@]2(C)C=CC(=O)C=C12. The molecule has 0 saturated heterocycles. The lowest BCUT2D eigenvalue weighted by atomic mass is 9.44. The number of Topliss-reactive ketones (excluding diaryl/α,β-unsaturated/α-hetero) is 1. The van der Waals surface area contributed by atoms with Crippen LogP contribution in [0.25, 0.3) is 0 Å². The molecule has 4 aliphatic rings. The van der Waals surface area contributed by atoms with E-state index < -0.39 is 52.8 Å². The average Bonchev–Trinajstić information content (AvgIpc) is 3.14. The molecule has 0 aromatic heterocycles. The number of aliphatic hydroxyl groups excluding tert-OH is 1. The standard InChI is InChI=1S/C30H42O7S/c1-7-18-12-20-21-9-11-30(37-27(35)17(2)3,24(33)15-36-25(34)16-38-6)29(21,5)14-23(32)26(20)28(4)10-8-19(31)13-22(18)28/h8,10,13,17-18,20-21,23,26,32H,7,9,11-12,14-16H2,1-6H3/t18?,20-,21-,23?,26+,28-,29-,30-/m0/s1. The normalized spacial score (nSPS) is 39.6. The van der Waals surface area contributed by atoms with Crippen LogP contribution in [-0.4, -0.2) is 58.9 Å². The van der Waals surface area contributed by atoms with Gasteiger partial charge in [-0.25, -0.2) is 0 Å². The van der Waals surface area contributed by atoms with Gasteiger partial charge in [0.1, 0.15) is 0 Å². The predicted molar refractivity (Wildman–Crippen MR) is 145 cm³/mol. The number of ketones is 2. The molecule has 0 aliphatic heterocycles. The summed E-state index contributed by atoms with van der Waals surface area (Å²) < 4.78 is 11.4. The highest BCUT2D eigenvalue weighted by molar-refractivity contribution is 7.99. The summed E-state index contributed by atoms with van der Waals surface area (Å²) in [6.45, 7) is 9.25. The molecule has 8 atom stereocenters. The Hall–Kier alpha value is -1.93. The van der Waals surface area contributed by atoms with Crippen molar-refractivity contribution in [1.82, 2.24) is 0 Å². The highest BCUT2D eigenvalue weighted by atomic mass is 32.2. The summed E-state index contributed by atoms with van der Waals surface area (Å²) in [5.41, 5.74) is -1.63. The molecular weight excluding hydrogens is 504 g/mol. The molecule has 0 radical (unpaired) electrons. The van der Waals surface area contributed by atoms with Crippen molar-refractivity contribution in [3.8, 4) is 0 Å². The summed E-state index contributed by atoms with van der Waals surface area (Å²) in [5.74, 6) is -1.46. The summed E-state index contributed by atoms with van der Waals surface area (Å²) in [6.07, 6.45) is 9.38. The van der Waals surface area contributed by atoms with E-state index in [1.807, 2.05) is 13.0 Å². The van der Waals surface area contributed by atoms with Crippen molar-refractivity contribution in [2.24, 2.45) is 40.4 Å². The van der Waals surface area contributed by atoms with Crippen molar-refractivity contribution < 1.29 is 33.8 Å². The van der Waals surface area contributed by atoms with Gasteiger partial charge in [0.25, 0.3) is 0 Å². The Morgan fingerprint density at radius 3 is 2.58 bits per heavy atom. The van der Waals surface area contributed by atoms with Gasteiger partial charge in [0.15, 0.2) is 18.0 Å². The first-order valence-corrected chi connectivity index (χ1v) is 15.3. The van der Waals surface area contributed by atoms with Crippen molar-refractivity contribution in [1.29, 1.82) is 0 Å². The van der Waals surface area contributed by atoms with E-state index in [9.17, 15) is 24.3 Å². The number of rotatable bonds is 8. The number of carbonyl (C=O) groups excluding carboxylic acids is 4. The summed E-state index contributed by atoms with van der Waals surface area (Å²) in [7, 11) is 0. The Morgan fingerprint density at radius 1 is 1.24 bits per heavy atom. The molecule has 38 heavy (non-hydrogen) atoms. The molecular formula is C30H42O7S. The van der Waals surface area contributed by atoms with Crippen LogP contribution in [0, 0.1) is 40.4 Å². The van der Waals surface area contributed by atoms with E-state index in [1.165, 1.54) is 11.8 Å². The van der Waals surface area contributed by atoms with Gasteiger partial charge in [0.2, 0.25) is 5.78 Å². The van der Waals surface area contributed by atoms with E-state index in [0.717, 1.165) is 18.4 Å². The topological polar surface area (TPSA) is 107 Å². The molecule has 0 aromatic rings. The van der Waals surface area contributed by atoms with Crippen LogP contribution in [0.3, 0.4) is 0 Å². The summed E-state index contributed by atoms with van der Waals surface area (Å²) >= 11 is 1.31. The maximum absolute atomic E-state index is 13.9. The lowest BCUT2D eigenvalue weighted by Gasteiger charge is -2.61. The van der Waals surface area contributed by atoms with Gasteiger partial charge in [-0.3, -0.25) is 19.2 Å². The lowest BCUT2D eigenvalue weighted by Crippen LogP contribution is -2.63. The molecule has 0 bridgehead atoms. The minimum absolute atomic E-state index is 0.00777. The summed E-state index contributed by atoms with van der Waals surface area (Å²) in [4.78, 5) is 51.3. The van der Waals surface area contributed by atoms with Crippen molar-refractivity contribution >= 4 is 35.3 Å². The fraction of sp³-hybridized carbons (Fsp3) is 0.733. The van der Waals surface area contributed by atoms with Crippen molar-refractivity contribution in [3.05, 3.63) is 23.8 Å². The number of allylic oxidation sites excluding steroid dienone is 4. The Morgan fingerprint density at radius 2 is 1.95 bits per heavy atom. The molecule has 4 rings (SSSR count). The van der Waals surface area contributed by atoms with Gasteiger partial charge >= 0.3 is 11.9 Å². The molecule has 0 amide bonds. The zero-order valence-electron chi connectivity index (χ0n) is 23.5. The smallest absolute Gasteiger partial charge is 0.316 e. The van der Waals surface area contributed by atoms with Crippen LogP contribution in [-0.2, 0) is 28.7 Å². The number of aliphatic hydroxyl groups is 1. The second kappa shape index (κ2) is 10.6. The maximum Gasteiger partial charge on any atom is 0.316 e. The molecule has 210 valence electrons. The number of thioether (sulfide) groups is 1. The molecule has 0 spiro atoms. The van der Waals surface area contributed by atoms with Crippen LogP contribution < -0.4 is 0 Å². The van der Waals surface area contributed by atoms with Gasteiger partial charge in [-0.05, 0) is 68.3 Å².